The quantitative estimate of drug-likeness (QED) is 0.203. The normalized spacial score (nSPS) is 15.3. The molecule has 1 fully saturated rings. The molecule has 0 saturated carbocycles. The minimum absolute atomic E-state index is 0.0104. The lowest BCUT2D eigenvalue weighted by Gasteiger charge is -2.14. The van der Waals surface area contributed by atoms with Crippen LogP contribution in [0.4, 0.5) is 36.8 Å². The second-order valence-corrected chi connectivity index (χ2v) is 7.67. The number of hydrogen-bond acceptors (Lipinski definition) is 6. The van der Waals surface area contributed by atoms with Gasteiger partial charge in [0.1, 0.15) is 11.9 Å². The number of carbonyl (C=O) groups is 3. The number of benzene rings is 2. The highest BCUT2D eigenvalue weighted by atomic mass is 32.2. The number of thioether (sulfide) groups is 1. The molecule has 0 aliphatic carbocycles. The number of rotatable bonds is 7. The molecule has 2 aromatic rings. The lowest BCUT2D eigenvalue weighted by atomic mass is 10.1. The van der Waals surface area contributed by atoms with Crippen molar-refractivity contribution in [3.05, 3.63) is 58.7 Å². The van der Waals surface area contributed by atoms with E-state index in [9.17, 15) is 40.7 Å². The summed E-state index contributed by atoms with van der Waals surface area (Å²) in [4.78, 5) is 36.7. The Balaban J connectivity index is 1.74. The first-order valence-corrected chi connectivity index (χ1v) is 10.7. The van der Waals surface area contributed by atoms with Crippen LogP contribution in [-0.2, 0) is 9.53 Å². The monoisotopic (exact) mass is 508 g/mol. The maximum atomic E-state index is 14.5. The zero-order valence-corrected chi connectivity index (χ0v) is 17.9. The highest BCUT2D eigenvalue weighted by molar-refractivity contribution is 7.99. The van der Waals surface area contributed by atoms with Gasteiger partial charge in [0.2, 0.25) is 40.7 Å². The Morgan fingerprint density at radius 1 is 1.09 bits per heavy atom. The van der Waals surface area contributed by atoms with Crippen LogP contribution in [0.1, 0.15) is 10.4 Å². The van der Waals surface area contributed by atoms with Gasteiger partial charge in [-0.2, -0.15) is 20.5 Å². The van der Waals surface area contributed by atoms with Crippen molar-refractivity contribution in [1.82, 2.24) is 5.32 Å². The van der Waals surface area contributed by atoms with Gasteiger partial charge in [-0.3, -0.25) is 9.69 Å². The average Bonchev–Trinajstić information content (AvgIpc) is 3.18. The van der Waals surface area contributed by atoms with Gasteiger partial charge in [-0.05, 0) is 24.5 Å². The number of nitrogens with one attached hydrogen (secondary N) is 1. The van der Waals surface area contributed by atoms with Gasteiger partial charge in [0, 0.05) is 0 Å². The van der Waals surface area contributed by atoms with E-state index < -0.39 is 64.4 Å². The molecule has 182 valence electrons. The van der Waals surface area contributed by atoms with Gasteiger partial charge in [0.25, 0.3) is 0 Å². The SMILES string of the molecule is CSCC(=O)NC[C@H]1CN(c2ccc(C(=O)Oc3c(F)c(F)c(F)c(F)c3F)c(F)c2)C(=O)O1. The zero-order chi connectivity index (χ0) is 25.2. The minimum Gasteiger partial charge on any atom is -0.442 e. The number of hydrogen-bond donors (Lipinski definition) is 1. The van der Waals surface area contributed by atoms with Gasteiger partial charge < -0.3 is 14.8 Å². The standard InChI is InChI=1S/C20H14F6N2O5S/c1-34-7-12(29)27-5-9-6-28(20(31)32-9)8-2-3-10(11(21)4-8)19(30)33-18-16(25)14(23)13(22)15(24)17(18)26/h2-4,9H,5-7H2,1H3,(H,27,29)/t9-/m0/s1. The molecule has 1 aliphatic heterocycles. The van der Waals surface area contributed by atoms with Crippen molar-refractivity contribution >= 4 is 35.4 Å². The van der Waals surface area contributed by atoms with Crippen LogP contribution in [-0.4, -0.2) is 49.2 Å². The van der Waals surface area contributed by atoms with Crippen LogP contribution in [0.5, 0.6) is 5.75 Å². The summed E-state index contributed by atoms with van der Waals surface area (Å²) in [6, 6.07) is 2.58. The summed E-state index contributed by atoms with van der Waals surface area (Å²) >= 11 is 1.29. The number of halogens is 6. The van der Waals surface area contributed by atoms with E-state index in [0.29, 0.717) is 6.07 Å². The van der Waals surface area contributed by atoms with Gasteiger partial charge in [0.05, 0.1) is 30.1 Å². The lowest BCUT2D eigenvalue weighted by Crippen LogP contribution is -2.35. The van der Waals surface area contributed by atoms with Crippen LogP contribution in [0.2, 0.25) is 0 Å². The molecule has 0 bridgehead atoms. The molecule has 34 heavy (non-hydrogen) atoms. The number of carbonyl (C=O) groups excluding carboxylic acids is 3. The summed E-state index contributed by atoms with van der Waals surface area (Å²) in [6.07, 6.45) is 0.133. The van der Waals surface area contributed by atoms with Crippen molar-refractivity contribution in [2.75, 3.05) is 30.0 Å². The molecule has 7 nitrogen and oxygen atoms in total. The molecule has 0 spiro atoms. The summed E-state index contributed by atoms with van der Waals surface area (Å²) in [5, 5.41) is 2.56. The molecule has 0 aromatic heterocycles. The van der Waals surface area contributed by atoms with E-state index in [1.807, 2.05) is 0 Å². The summed E-state index contributed by atoms with van der Waals surface area (Å²) in [5.41, 5.74) is -0.964. The van der Waals surface area contributed by atoms with Crippen LogP contribution in [0, 0.1) is 34.9 Å². The van der Waals surface area contributed by atoms with Gasteiger partial charge >= 0.3 is 12.1 Å². The molecule has 0 unspecified atom stereocenters. The fourth-order valence-electron chi connectivity index (χ4n) is 2.91. The van der Waals surface area contributed by atoms with Gasteiger partial charge in [-0.1, -0.05) is 0 Å². The fraction of sp³-hybridized carbons (Fsp3) is 0.250. The van der Waals surface area contributed by atoms with Gasteiger partial charge in [-0.15, -0.1) is 0 Å². The Morgan fingerprint density at radius 2 is 1.71 bits per heavy atom. The van der Waals surface area contributed by atoms with Crippen LogP contribution < -0.4 is 15.0 Å². The van der Waals surface area contributed by atoms with Crippen LogP contribution in [0.15, 0.2) is 18.2 Å². The molecule has 1 saturated heterocycles. The molecule has 0 radical (unpaired) electrons. The first-order valence-electron chi connectivity index (χ1n) is 9.32. The summed E-state index contributed by atoms with van der Waals surface area (Å²) < 4.78 is 90.8. The van der Waals surface area contributed by atoms with Crippen molar-refractivity contribution in [1.29, 1.82) is 0 Å². The third-order valence-electron chi connectivity index (χ3n) is 4.52. The Bertz CT molecular complexity index is 1140. The maximum Gasteiger partial charge on any atom is 0.414 e. The van der Waals surface area contributed by atoms with E-state index in [-0.39, 0.29) is 30.4 Å². The molecule has 1 aliphatic rings. The number of ether oxygens (including phenoxy) is 2. The van der Waals surface area contributed by atoms with E-state index in [1.165, 1.54) is 11.8 Å². The van der Waals surface area contributed by atoms with Crippen molar-refractivity contribution < 1.29 is 50.2 Å². The van der Waals surface area contributed by atoms with Crippen LogP contribution >= 0.6 is 11.8 Å². The molecular formula is C20H14F6N2O5S. The molecule has 2 aromatic carbocycles. The van der Waals surface area contributed by atoms with E-state index in [4.69, 9.17) is 4.74 Å². The Hall–Kier alpha value is -3.42. The van der Waals surface area contributed by atoms with Crippen molar-refractivity contribution in [2.24, 2.45) is 0 Å². The highest BCUT2D eigenvalue weighted by Gasteiger charge is 2.34. The zero-order valence-electron chi connectivity index (χ0n) is 17.1. The molecule has 2 amide bonds. The average molecular weight is 508 g/mol. The first kappa shape index (κ1) is 25.2. The van der Waals surface area contributed by atoms with Crippen molar-refractivity contribution in [3.8, 4) is 5.75 Å². The molecule has 14 heteroatoms. The molecule has 1 heterocycles. The van der Waals surface area contributed by atoms with E-state index >= 15 is 0 Å². The highest BCUT2D eigenvalue weighted by Crippen LogP contribution is 2.30. The largest absolute Gasteiger partial charge is 0.442 e. The fourth-order valence-corrected chi connectivity index (χ4v) is 3.27. The van der Waals surface area contributed by atoms with E-state index in [2.05, 4.69) is 10.1 Å². The van der Waals surface area contributed by atoms with Gasteiger partial charge in [-0.25, -0.2) is 27.2 Å². The predicted octanol–water partition coefficient (Wildman–Crippen LogP) is 3.54. The molecule has 3 rings (SSSR count). The second-order valence-electron chi connectivity index (χ2n) is 6.81. The Labute approximate surface area is 192 Å². The second kappa shape index (κ2) is 10.2. The van der Waals surface area contributed by atoms with Gasteiger partial charge in [0.15, 0.2) is 0 Å². The van der Waals surface area contributed by atoms with E-state index in [0.717, 1.165) is 17.0 Å². The summed E-state index contributed by atoms with van der Waals surface area (Å²) in [7, 11) is 0. The number of cyclic esters (lactones) is 1. The molecular weight excluding hydrogens is 494 g/mol. The lowest BCUT2D eigenvalue weighted by molar-refractivity contribution is -0.118. The summed E-state index contributed by atoms with van der Waals surface area (Å²) in [5.74, 6) is -17.0. The predicted molar refractivity (Wildman–Crippen MR) is 107 cm³/mol. The Kier molecular flexibility index (Phi) is 7.59. The number of nitrogens with zero attached hydrogens (tertiary/aromatic N) is 1. The summed E-state index contributed by atoms with van der Waals surface area (Å²) in [6.45, 7) is -0.0530. The third-order valence-corrected chi connectivity index (χ3v) is 5.08. The topological polar surface area (TPSA) is 84.9 Å². The van der Waals surface area contributed by atoms with Crippen molar-refractivity contribution in [3.63, 3.8) is 0 Å². The minimum atomic E-state index is -2.45. The third kappa shape index (κ3) is 5.05. The molecule has 1 atom stereocenters. The number of anilines is 1. The van der Waals surface area contributed by atoms with Crippen LogP contribution in [0.3, 0.4) is 0 Å². The smallest absolute Gasteiger partial charge is 0.414 e. The van der Waals surface area contributed by atoms with E-state index in [1.54, 1.807) is 6.26 Å². The van der Waals surface area contributed by atoms with Crippen molar-refractivity contribution in [2.45, 2.75) is 6.10 Å². The maximum absolute atomic E-state index is 14.5. The Morgan fingerprint density at radius 3 is 2.29 bits per heavy atom. The van der Waals surface area contributed by atoms with Crippen LogP contribution in [0.25, 0.3) is 0 Å². The molecule has 1 N–H and O–H groups in total. The number of amides is 2. The number of esters is 1. The first-order chi connectivity index (χ1) is 16.0.